The maximum Gasteiger partial charge on any atom is 0.272 e. The van der Waals surface area contributed by atoms with E-state index in [0.29, 0.717) is 31.8 Å². The molecule has 0 unspecified atom stereocenters. The molecule has 20 heavy (non-hydrogen) atoms. The van der Waals surface area contributed by atoms with Gasteiger partial charge in [-0.1, -0.05) is 5.16 Å². The molecule has 0 radical (unpaired) electrons. The van der Waals surface area contributed by atoms with Crippen LogP contribution in [0.25, 0.3) is 0 Å². The molecule has 1 aromatic rings. The molecule has 112 valence electrons. The van der Waals surface area contributed by atoms with Crippen molar-refractivity contribution >= 4 is 11.7 Å². The van der Waals surface area contributed by atoms with Crippen molar-refractivity contribution in [3.8, 4) is 0 Å². The van der Waals surface area contributed by atoms with Crippen LogP contribution in [-0.2, 0) is 11.8 Å². The van der Waals surface area contributed by atoms with Crippen molar-refractivity contribution in [3.63, 3.8) is 0 Å². The minimum absolute atomic E-state index is 0.0846. The maximum absolute atomic E-state index is 12.5. The van der Waals surface area contributed by atoms with Crippen molar-refractivity contribution in [1.82, 2.24) is 14.7 Å². The lowest BCUT2D eigenvalue weighted by Gasteiger charge is -2.22. The van der Waals surface area contributed by atoms with Gasteiger partial charge < -0.3 is 20.6 Å². The fourth-order valence-electron chi connectivity index (χ4n) is 1.79. The number of carbonyl (C=O) groups is 1. The van der Waals surface area contributed by atoms with E-state index in [-0.39, 0.29) is 11.7 Å². The summed E-state index contributed by atoms with van der Waals surface area (Å²) in [5.41, 5.74) is 6.71. The molecule has 0 aliphatic carbocycles. The molecule has 3 N–H and O–H groups in total. The number of ether oxygens (including phenoxy) is 1. The highest BCUT2D eigenvalue weighted by atomic mass is 16.5. The molecular formula is C12H21N5O3. The maximum atomic E-state index is 12.5. The van der Waals surface area contributed by atoms with Crippen LogP contribution in [0.3, 0.4) is 0 Å². The number of methoxy groups -OCH3 is 1. The summed E-state index contributed by atoms with van der Waals surface area (Å²) in [4.78, 5) is 14.0. The Morgan fingerprint density at radius 1 is 1.60 bits per heavy atom. The molecule has 0 fully saturated rings. The van der Waals surface area contributed by atoms with Gasteiger partial charge in [0.1, 0.15) is 11.5 Å². The van der Waals surface area contributed by atoms with Gasteiger partial charge in [-0.3, -0.25) is 9.48 Å². The topological polar surface area (TPSA) is 106 Å². The minimum Gasteiger partial charge on any atom is -0.409 e. The Hall–Kier alpha value is -2.09. The molecule has 0 bridgehead atoms. The van der Waals surface area contributed by atoms with Crippen LogP contribution < -0.4 is 5.73 Å². The SMILES string of the molecule is COCCN(CCC(N)=NO)C(=O)c1cc(C)nn1C. The van der Waals surface area contributed by atoms with Gasteiger partial charge in [0.15, 0.2) is 0 Å². The first-order chi connectivity index (χ1) is 9.49. The third-order valence-corrected chi connectivity index (χ3v) is 2.84. The lowest BCUT2D eigenvalue weighted by molar-refractivity contribution is 0.0690. The van der Waals surface area contributed by atoms with Crippen molar-refractivity contribution in [2.45, 2.75) is 13.3 Å². The molecule has 0 aliphatic heterocycles. The molecule has 1 rings (SSSR count). The molecule has 1 aromatic heterocycles. The van der Waals surface area contributed by atoms with E-state index in [9.17, 15) is 4.79 Å². The lowest BCUT2D eigenvalue weighted by Crippen LogP contribution is -2.37. The Kier molecular flexibility index (Phi) is 5.98. The number of hydrogen-bond acceptors (Lipinski definition) is 5. The van der Waals surface area contributed by atoms with Crippen molar-refractivity contribution < 1.29 is 14.7 Å². The summed E-state index contributed by atoms with van der Waals surface area (Å²) in [5.74, 6) is -0.0720. The van der Waals surface area contributed by atoms with Crippen LogP contribution in [-0.4, -0.2) is 58.4 Å². The Morgan fingerprint density at radius 2 is 2.30 bits per heavy atom. The highest BCUT2D eigenvalue weighted by Gasteiger charge is 2.19. The van der Waals surface area contributed by atoms with Gasteiger partial charge in [-0.05, 0) is 13.0 Å². The van der Waals surface area contributed by atoms with Gasteiger partial charge in [-0.15, -0.1) is 0 Å². The Bertz CT molecular complexity index is 483. The minimum atomic E-state index is -0.157. The monoisotopic (exact) mass is 283 g/mol. The van der Waals surface area contributed by atoms with E-state index < -0.39 is 0 Å². The first-order valence-electron chi connectivity index (χ1n) is 6.24. The Morgan fingerprint density at radius 3 is 2.80 bits per heavy atom. The molecular weight excluding hydrogens is 262 g/mol. The second-order valence-corrected chi connectivity index (χ2v) is 4.42. The van der Waals surface area contributed by atoms with Crippen molar-refractivity contribution in [1.29, 1.82) is 0 Å². The van der Waals surface area contributed by atoms with E-state index >= 15 is 0 Å². The predicted octanol–water partition coefficient (Wildman–Crippen LogP) is -0.0464. The summed E-state index contributed by atoms with van der Waals surface area (Å²) in [7, 11) is 3.29. The second-order valence-electron chi connectivity index (χ2n) is 4.42. The van der Waals surface area contributed by atoms with Crippen LogP contribution in [0.15, 0.2) is 11.2 Å². The Balaban J connectivity index is 2.81. The van der Waals surface area contributed by atoms with Crippen molar-refractivity contribution in [3.05, 3.63) is 17.5 Å². The zero-order valence-corrected chi connectivity index (χ0v) is 12.0. The van der Waals surface area contributed by atoms with Crippen LogP contribution in [0.4, 0.5) is 0 Å². The average Bonchev–Trinajstić information content (AvgIpc) is 2.76. The molecule has 1 heterocycles. The Labute approximate surface area is 117 Å². The second kappa shape index (κ2) is 7.49. The van der Waals surface area contributed by atoms with Gasteiger partial charge in [-0.25, -0.2) is 0 Å². The summed E-state index contributed by atoms with van der Waals surface area (Å²) >= 11 is 0. The van der Waals surface area contributed by atoms with E-state index in [0.717, 1.165) is 5.69 Å². The number of hydrogen-bond donors (Lipinski definition) is 2. The zero-order chi connectivity index (χ0) is 15.1. The molecule has 0 saturated carbocycles. The normalized spacial score (nSPS) is 11.7. The van der Waals surface area contributed by atoms with Gasteiger partial charge in [0.25, 0.3) is 5.91 Å². The number of amides is 1. The third kappa shape index (κ3) is 4.23. The quantitative estimate of drug-likeness (QED) is 0.316. The van der Waals surface area contributed by atoms with Crippen LogP contribution >= 0.6 is 0 Å². The molecule has 8 nitrogen and oxygen atoms in total. The number of rotatable bonds is 7. The molecule has 0 aromatic carbocycles. The lowest BCUT2D eigenvalue weighted by atomic mass is 10.3. The zero-order valence-electron chi connectivity index (χ0n) is 12.0. The van der Waals surface area contributed by atoms with E-state index in [4.69, 9.17) is 15.7 Å². The van der Waals surface area contributed by atoms with Crippen molar-refractivity contribution in [2.24, 2.45) is 17.9 Å². The van der Waals surface area contributed by atoms with Gasteiger partial charge in [-0.2, -0.15) is 5.10 Å². The molecule has 0 aliphatic rings. The average molecular weight is 283 g/mol. The summed E-state index contributed by atoms with van der Waals surface area (Å²) < 4.78 is 6.54. The van der Waals surface area contributed by atoms with Gasteiger partial charge in [0.2, 0.25) is 0 Å². The number of aromatic nitrogens is 2. The van der Waals surface area contributed by atoms with E-state index in [2.05, 4.69) is 10.3 Å². The summed E-state index contributed by atoms with van der Waals surface area (Å²) in [6.45, 7) is 3.02. The van der Waals surface area contributed by atoms with Crippen LogP contribution in [0.1, 0.15) is 22.6 Å². The van der Waals surface area contributed by atoms with Crippen LogP contribution in [0, 0.1) is 6.92 Å². The first kappa shape index (κ1) is 16.0. The summed E-state index contributed by atoms with van der Waals surface area (Å²) in [5, 5.41) is 15.6. The fourth-order valence-corrected chi connectivity index (χ4v) is 1.79. The number of carbonyl (C=O) groups excluding carboxylic acids is 1. The molecule has 0 atom stereocenters. The molecule has 1 amide bonds. The van der Waals surface area contributed by atoms with Gasteiger partial charge in [0.05, 0.1) is 12.3 Å². The fraction of sp³-hybridized carbons (Fsp3) is 0.583. The van der Waals surface area contributed by atoms with E-state index in [1.54, 1.807) is 29.8 Å². The van der Waals surface area contributed by atoms with E-state index in [1.807, 2.05) is 6.92 Å². The summed E-state index contributed by atoms with van der Waals surface area (Å²) in [6, 6.07) is 1.73. The first-order valence-corrected chi connectivity index (χ1v) is 6.24. The predicted molar refractivity (Wildman–Crippen MR) is 73.8 cm³/mol. The van der Waals surface area contributed by atoms with Crippen molar-refractivity contribution in [2.75, 3.05) is 26.8 Å². The number of amidine groups is 1. The number of oxime groups is 1. The van der Waals surface area contributed by atoms with E-state index in [1.165, 1.54) is 0 Å². The molecule has 8 heteroatoms. The van der Waals surface area contributed by atoms with Gasteiger partial charge >= 0.3 is 0 Å². The third-order valence-electron chi connectivity index (χ3n) is 2.84. The highest BCUT2D eigenvalue weighted by Crippen LogP contribution is 2.07. The van der Waals surface area contributed by atoms with Crippen LogP contribution in [0.2, 0.25) is 0 Å². The van der Waals surface area contributed by atoms with Gasteiger partial charge in [0, 0.05) is 33.7 Å². The molecule has 0 spiro atoms. The van der Waals surface area contributed by atoms with Crippen LogP contribution in [0.5, 0.6) is 0 Å². The standard InChI is InChI=1S/C12H21N5O3/c1-9-8-10(16(2)14-9)12(18)17(6-7-20-3)5-4-11(13)15-19/h8,19H,4-7H2,1-3H3,(H2,13,15). The largest absolute Gasteiger partial charge is 0.409 e. The number of aryl methyl sites for hydroxylation is 2. The summed E-state index contributed by atoms with van der Waals surface area (Å²) in [6.07, 6.45) is 0.294. The number of nitrogens with two attached hydrogens (primary N) is 1. The smallest absolute Gasteiger partial charge is 0.272 e. The highest BCUT2D eigenvalue weighted by molar-refractivity contribution is 5.93. The molecule has 0 saturated heterocycles. The number of nitrogens with zero attached hydrogens (tertiary/aromatic N) is 4.